The third-order valence-corrected chi connectivity index (χ3v) is 3.24. The van der Waals surface area contributed by atoms with Crippen molar-refractivity contribution in [1.29, 1.82) is 0 Å². The van der Waals surface area contributed by atoms with Crippen molar-refractivity contribution in [2.45, 2.75) is 19.8 Å². The Balaban J connectivity index is 2.62. The minimum absolute atomic E-state index is 0.384. The number of halogens is 1. The number of anilines is 1. The summed E-state index contributed by atoms with van der Waals surface area (Å²) < 4.78 is 6.72. The fraction of sp³-hybridized carbons (Fsp3) is 0.308. The minimum atomic E-state index is 0.384. The average molecular weight is 281 g/mol. The van der Waals surface area contributed by atoms with Gasteiger partial charge in [-0.1, -0.05) is 24.6 Å². The lowest BCUT2D eigenvalue weighted by atomic mass is 10.1. The van der Waals surface area contributed by atoms with Crippen LogP contribution in [0.4, 0.5) is 5.82 Å². The van der Waals surface area contributed by atoms with Gasteiger partial charge < -0.3 is 16.3 Å². The first-order chi connectivity index (χ1) is 9.10. The first-order valence-electron chi connectivity index (χ1n) is 6.05. The molecule has 0 atom stereocenters. The van der Waals surface area contributed by atoms with Crippen molar-refractivity contribution in [3.8, 4) is 17.0 Å². The number of ether oxygens (including phenoxy) is 1. The molecular formula is C13H17ClN4O. The number of aromatic nitrogens is 2. The monoisotopic (exact) mass is 280 g/mol. The number of nitrogens with zero attached hydrogens (tertiary/aromatic N) is 2. The van der Waals surface area contributed by atoms with Crippen molar-refractivity contribution in [2.75, 3.05) is 18.7 Å². The molecule has 0 amide bonds. The molecule has 1 heterocycles. The molecule has 4 N–H and O–H groups in total. The van der Waals surface area contributed by atoms with Crippen molar-refractivity contribution < 1.29 is 4.74 Å². The zero-order valence-electron chi connectivity index (χ0n) is 11.0. The summed E-state index contributed by atoms with van der Waals surface area (Å²) in [6, 6.07) is 5.40. The molecule has 2 aromatic rings. The van der Waals surface area contributed by atoms with Crippen LogP contribution in [0.1, 0.15) is 19.2 Å². The molecule has 102 valence electrons. The summed E-state index contributed by atoms with van der Waals surface area (Å²) in [5.41, 5.74) is 7.25. The summed E-state index contributed by atoms with van der Waals surface area (Å²) in [5, 5.41) is 0.534. The first-order valence-corrected chi connectivity index (χ1v) is 6.43. The van der Waals surface area contributed by atoms with Crippen LogP contribution in [0.25, 0.3) is 11.3 Å². The van der Waals surface area contributed by atoms with E-state index in [1.54, 1.807) is 13.2 Å². The Bertz CT molecular complexity index is 595. The molecule has 0 unspecified atom stereocenters. The Morgan fingerprint density at radius 2 is 2.16 bits per heavy atom. The van der Waals surface area contributed by atoms with Gasteiger partial charge in [-0.15, -0.1) is 0 Å². The van der Waals surface area contributed by atoms with Crippen LogP contribution < -0.4 is 16.3 Å². The van der Waals surface area contributed by atoms with Gasteiger partial charge in [0.05, 0.1) is 17.7 Å². The summed E-state index contributed by atoms with van der Waals surface area (Å²) in [6.45, 7) is 2.06. The molecule has 19 heavy (non-hydrogen) atoms. The van der Waals surface area contributed by atoms with Gasteiger partial charge >= 0.3 is 0 Å². The molecule has 1 aromatic carbocycles. The molecule has 1 aromatic heterocycles. The fourth-order valence-corrected chi connectivity index (χ4v) is 2.24. The van der Waals surface area contributed by atoms with E-state index in [4.69, 9.17) is 27.9 Å². The van der Waals surface area contributed by atoms with Crippen LogP contribution in [-0.2, 0) is 6.42 Å². The molecule has 0 aliphatic rings. The summed E-state index contributed by atoms with van der Waals surface area (Å²) in [5.74, 6) is 7.66. The second-order valence-corrected chi connectivity index (χ2v) is 4.61. The van der Waals surface area contributed by atoms with Gasteiger partial charge in [0.15, 0.2) is 5.82 Å². The van der Waals surface area contributed by atoms with Gasteiger partial charge in [0.2, 0.25) is 0 Å². The van der Waals surface area contributed by atoms with Crippen LogP contribution in [0.3, 0.4) is 0 Å². The van der Waals surface area contributed by atoms with Crippen LogP contribution in [0, 0.1) is 0 Å². The van der Waals surface area contributed by atoms with Crippen molar-refractivity contribution >= 4 is 17.4 Å². The number of rotatable bonds is 4. The number of hydrogen-bond donors (Lipinski definition) is 2. The van der Waals surface area contributed by atoms with E-state index in [-0.39, 0.29) is 0 Å². The molecule has 0 spiro atoms. The predicted molar refractivity (Wildman–Crippen MR) is 77.8 cm³/mol. The van der Waals surface area contributed by atoms with Crippen LogP contribution in [0.15, 0.2) is 18.2 Å². The molecule has 0 aliphatic carbocycles. The quantitative estimate of drug-likeness (QED) is 0.843. The zero-order chi connectivity index (χ0) is 14.0. The van der Waals surface area contributed by atoms with E-state index in [9.17, 15) is 0 Å². The minimum Gasteiger partial charge on any atom is -0.496 e. The lowest BCUT2D eigenvalue weighted by molar-refractivity contribution is 0.416. The molecule has 0 bridgehead atoms. The van der Waals surface area contributed by atoms with Crippen LogP contribution in [0.5, 0.6) is 5.75 Å². The van der Waals surface area contributed by atoms with E-state index in [0.717, 1.165) is 18.7 Å². The molecule has 5 nitrogen and oxygen atoms in total. The highest BCUT2D eigenvalue weighted by Gasteiger charge is 2.19. The second kappa shape index (κ2) is 5.40. The number of nitrogens with two attached hydrogens (primary N) is 2. The van der Waals surface area contributed by atoms with Crippen molar-refractivity contribution in [1.82, 2.24) is 9.66 Å². The Kier molecular flexibility index (Phi) is 3.85. The lowest BCUT2D eigenvalue weighted by Gasteiger charge is -2.08. The summed E-state index contributed by atoms with van der Waals surface area (Å²) in [7, 11) is 1.58. The number of nitrogen functional groups attached to an aromatic ring is 2. The second-order valence-electron chi connectivity index (χ2n) is 4.20. The molecule has 6 heteroatoms. The third kappa shape index (κ3) is 2.33. The van der Waals surface area contributed by atoms with E-state index in [0.29, 0.717) is 27.8 Å². The Morgan fingerprint density at radius 1 is 1.42 bits per heavy atom. The molecule has 0 saturated heterocycles. The van der Waals surface area contributed by atoms with Gasteiger partial charge in [-0.3, -0.25) is 0 Å². The van der Waals surface area contributed by atoms with Crippen molar-refractivity contribution in [3.05, 3.63) is 29.0 Å². The van der Waals surface area contributed by atoms with Crippen LogP contribution >= 0.6 is 11.6 Å². The lowest BCUT2D eigenvalue weighted by Crippen LogP contribution is -2.15. The molecule has 0 fully saturated rings. The van der Waals surface area contributed by atoms with E-state index < -0.39 is 0 Å². The van der Waals surface area contributed by atoms with E-state index >= 15 is 0 Å². The highest BCUT2D eigenvalue weighted by Crippen LogP contribution is 2.38. The van der Waals surface area contributed by atoms with Crippen LogP contribution in [0.2, 0.25) is 5.02 Å². The summed E-state index contributed by atoms with van der Waals surface area (Å²) in [6.07, 6.45) is 1.69. The number of benzene rings is 1. The van der Waals surface area contributed by atoms with E-state index in [1.807, 2.05) is 12.1 Å². The van der Waals surface area contributed by atoms with Gasteiger partial charge in [0.1, 0.15) is 17.3 Å². The largest absolute Gasteiger partial charge is 0.496 e. The Morgan fingerprint density at radius 3 is 2.79 bits per heavy atom. The molecule has 0 radical (unpaired) electrons. The normalized spacial score (nSPS) is 10.7. The highest BCUT2D eigenvalue weighted by atomic mass is 35.5. The average Bonchev–Trinajstić information content (AvgIpc) is 2.67. The van der Waals surface area contributed by atoms with E-state index in [1.165, 1.54) is 4.68 Å². The molecule has 0 aliphatic heterocycles. The van der Waals surface area contributed by atoms with Gasteiger partial charge in [0, 0.05) is 6.42 Å². The fourth-order valence-electron chi connectivity index (χ4n) is 1.98. The van der Waals surface area contributed by atoms with Gasteiger partial charge in [-0.05, 0) is 18.6 Å². The van der Waals surface area contributed by atoms with Gasteiger partial charge in [-0.2, -0.15) is 0 Å². The number of imidazole rings is 1. The predicted octanol–water partition coefficient (Wildman–Crippen LogP) is 2.46. The standard InChI is InChI=1S/C13H17ClN4O/c1-3-5-10-17-12(13(15)18(10)16)11-8(14)6-4-7-9(11)19-2/h4,6-7H,3,5,15-16H2,1-2H3. The SMILES string of the molecule is CCCc1nc(-c2c(Cl)cccc2OC)c(N)n1N. The maximum absolute atomic E-state index is 6.23. The van der Waals surface area contributed by atoms with E-state index in [2.05, 4.69) is 11.9 Å². The zero-order valence-corrected chi connectivity index (χ0v) is 11.7. The Hall–Kier alpha value is -1.88. The van der Waals surface area contributed by atoms with Crippen molar-refractivity contribution in [2.24, 2.45) is 0 Å². The first kappa shape index (κ1) is 13.5. The Labute approximate surface area is 117 Å². The van der Waals surface area contributed by atoms with Gasteiger partial charge in [-0.25, -0.2) is 9.66 Å². The smallest absolute Gasteiger partial charge is 0.151 e. The highest BCUT2D eigenvalue weighted by molar-refractivity contribution is 6.33. The topological polar surface area (TPSA) is 79.1 Å². The molecular weight excluding hydrogens is 264 g/mol. The third-order valence-electron chi connectivity index (χ3n) is 2.93. The van der Waals surface area contributed by atoms with Crippen LogP contribution in [-0.4, -0.2) is 16.8 Å². The maximum atomic E-state index is 6.23. The molecule has 0 saturated carbocycles. The molecule has 2 rings (SSSR count). The van der Waals surface area contributed by atoms with Crippen molar-refractivity contribution in [3.63, 3.8) is 0 Å². The number of methoxy groups -OCH3 is 1. The van der Waals surface area contributed by atoms with Gasteiger partial charge in [0.25, 0.3) is 0 Å². The number of aryl methyl sites for hydroxylation is 1. The summed E-state index contributed by atoms with van der Waals surface area (Å²) in [4.78, 5) is 4.49. The number of hydrogen-bond acceptors (Lipinski definition) is 4. The summed E-state index contributed by atoms with van der Waals surface area (Å²) >= 11 is 6.23. The maximum Gasteiger partial charge on any atom is 0.151 e.